The number of aromatic nitrogens is 4. The first kappa shape index (κ1) is 11.2. The number of para-hydroxylation sites is 1. The Labute approximate surface area is 105 Å². The number of hydrogen-bond donors (Lipinski definition) is 2. The van der Waals surface area contributed by atoms with Gasteiger partial charge in [0.25, 0.3) is 0 Å². The lowest BCUT2D eigenvalue weighted by atomic mass is 10.2. The fourth-order valence-electron chi connectivity index (χ4n) is 1.92. The summed E-state index contributed by atoms with van der Waals surface area (Å²) >= 11 is 0. The van der Waals surface area contributed by atoms with Crippen LogP contribution < -0.4 is 5.69 Å². The van der Waals surface area contributed by atoms with Gasteiger partial charge in [-0.25, -0.2) is 9.59 Å². The molecule has 0 aliphatic rings. The number of imidazole rings is 1. The molecular weight excluding hydrogens is 252 g/mol. The Kier molecular flexibility index (Phi) is 2.41. The normalized spacial score (nSPS) is 10.9. The Morgan fingerprint density at radius 2 is 2.32 bits per heavy atom. The van der Waals surface area contributed by atoms with Gasteiger partial charge in [-0.1, -0.05) is 11.2 Å². The summed E-state index contributed by atoms with van der Waals surface area (Å²) < 4.78 is 5.95. The average Bonchev–Trinajstić information content (AvgIpc) is 2.98. The Hall–Kier alpha value is -2.90. The number of carbonyl (C=O) groups is 1. The summed E-state index contributed by atoms with van der Waals surface area (Å²) in [5.41, 5.74) is 0.383. The largest absolute Gasteiger partial charge is 0.478 e. The van der Waals surface area contributed by atoms with Crippen LogP contribution >= 0.6 is 0 Å². The van der Waals surface area contributed by atoms with Crippen LogP contribution in [-0.4, -0.2) is 30.8 Å². The highest BCUT2D eigenvalue weighted by Crippen LogP contribution is 2.16. The van der Waals surface area contributed by atoms with E-state index in [2.05, 4.69) is 19.6 Å². The summed E-state index contributed by atoms with van der Waals surface area (Å²) in [5, 5.41) is 12.7. The quantitative estimate of drug-likeness (QED) is 0.707. The summed E-state index contributed by atoms with van der Waals surface area (Å²) in [6.45, 7) is 0.110. The minimum Gasteiger partial charge on any atom is -0.478 e. The first-order valence-electron chi connectivity index (χ1n) is 5.37. The molecule has 0 radical (unpaired) electrons. The van der Waals surface area contributed by atoms with Crippen molar-refractivity contribution in [2.24, 2.45) is 0 Å². The van der Waals surface area contributed by atoms with E-state index in [9.17, 15) is 9.59 Å². The molecule has 0 saturated heterocycles. The van der Waals surface area contributed by atoms with Gasteiger partial charge in [0.1, 0.15) is 0 Å². The Bertz CT molecular complexity index is 800. The van der Waals surface area contributed by atoms with Crippen molar-refractivity contribution in [3.8, 4) is 0 Å². The van der Waals surface area contributed by atoms with E-state index in [4.69, 9.17) is 5.11 Å². The molecule has 3 aromatic rings. The predicted octanol–water partition coefficient (Wildman–Crippen LogP) is 0.459. The Balaban J connectivity index is 2.20. The SMILES string of the molecule is O=C(O)c1cccc2c1[nH]c(=O)n2Cc1ncon1. The topological polar surface area (TPSA) is 114 Å². The van der Waals surface area contributed by atoms with Gasteiger partial charge in [0.05, 0.1) is 23.1 Å². The van der Waals surface area contributed by atoms with E-state index in [1.54, 1.807) is 12.1 Å². The first-order valence-corrected chi connectivity index (χ1v) is 5.37. The highest BCUT2D eigenvalue weighted by molar-refractivity contribution is 6.00. The van der Waals surface area contributed by atoms with Crippen LogP contribution in [0, 0.1) is 0 Å². The van der Waals surface area contributed by atoms with Crippen LogP contribution in [0.2, 0.25) is 0 Å². The van der Waals surface area contributed by atoms with Gasteiger partial charge in [-0.3, -0.25) is 4.57 Å². The number of H-pyrrole nitrogens is 1. The molecule has 2 heterocycles. The molecule has 8 nitrogen and oxygen atoms in total. The molecule has 0 spiro atoms. The van der Waals surface area contributed by atoms with E-state index in [0.29, 0.717) is 11.3 Å². The molecule has 0 unspecified atom stereocenters. The van der Waals surface area contributed by atoms with Gasteiger partial charge in [0.15, 0.2) is 5.82 Å². The number of nitrogens with zero attached hydrogens (tertiary/aromatic N) is 3. The molecule has 0 amide bonds. The number of nitrogens with one attached hydrogen (secondary N) is 1. The smallest absolute Gasteiger partial charge is 0.337 e. The molecule has 2 N–H and O–H groups in total. The van der Waals surface area contributed by atoms with Crippen molar-refractivity contribution < 1.29 is 14.4 Å². The monoisotopic (exact) mass is 260 g/mol. The van der Waals surface area contributed by atoms with E-state index in [0.717, 1.165) is 6.39 Å². The van der Waals surface area contributed by atoms with E-state index in [-0.39, 0.29) is 17.6 Å². The number of carboxylic acid groups (broad SMARTS) is 1. The van der Waals surface area contributed by atoms with Crippen molar-refractivity contribution in [3.05, 3.63) is 46.5 Å². The Morgan fingerprint density at radius 1 is 1.47 bits per heavy atom. The van der Waals surface area contributed by atoms with Crippen molar-refractivity contribution in [3.63, 3.8) is 0 Å². The van der Waals surface area contributed by atoms with E-state index >= 15 is 0 Å². The van der Waals surface area contributed by atoms with Gasteiger partial charge in [-0.2, -0.15) is 4.98 Å². The molecule has 96 valence electrons. The molecule has 0 aliphatic heterocycles. The number of fused-ring (bicyclic) bond motifs is 1. The zero-order valence-corrected chi connectivity index (χ0v) is 9.53. The minimum absolute atomic E-state index is 0.0430. The molecule has 0 saturated carbocycles. The Morgan fingerprint density at radius 3 is 3.00 bits per heavy atom. The molecular formula is C11H8N4O4. The molecule has 0 aliphatic carbocycles. The third kappa shape index (κ3) is 1.79. The average molecular weight is 260 g/mol. The minimum atomic E-state index is -1.10. The van der Waals surface area contributed by atoms with Gasteiger partial charge < -0.3 is 14.6 Å². The fourth-order valence-corrected chi connectivity index (χ4v) is 1.92. The molecule has 3 rings (SSSR count). The van der Waals surface area contributed by atoms with E-state index in [1.165, 1.54) is 10.6 Å². The van der Waals surface area contributed by atoms with Crippen LogP contribution in [-0.2, 0) is 6.54 Å². The highest BCUT2D eigenvalue weighted by atomic mass is 16.5. The van der Waals surface area contributed by atoms with Gasteiger partial charge in [-0.15, -0.1) is 0 Å². The summed E-state index contributed by atoms with van der Waals surface area (Å²) in [5.74, 6) is -0.762. The third-order valence-corrected chi connectivity index (χ3v) is 2.75. The number of carboxylic acids is 1. The maximum atomic E-state index is 11.9. The lowest BCUT2D eigenvalue weighted by Gasteiger charge is -2.00. The second kappa shape index (κ2) is 4.09. The highest BCUT2D eigenvalue weighted by Gasteiger charge is 2.15. The molecule has 2 aromatic heterocycles. The van der Waals surface area contributed by atoms with Gasteiger partial charge in [0, 0.05) is 0 Å². The third-order valence-electron chi connectivity index (χ3n) is 2.75. The van der Waals surface area contributed by atoms with E-state index < -0.39 is 11.7 Å². The number of benzene rings is 1. The number of aromatic amines is 1. The molecule has 1 aromatic carbocycles. The van der Waals surface area contributed by atoms with Gasteiger partial charge >= 0.3 is 11.7 Å². The second-order valence-corrected chi connectivity index (χ2v) is 3.87. The molecule has 0 fully saturated rings. The van der Waals surface area contributed by atoms with Crippen LogP contribution in [0.25, 0.3) is 11.0 Å². The maximum absolute atomic E-state index is 11.9. The van der Waals surface area contributed by atoms with Gasteiger partial charge in [0.2, 0.25) is 6.39 Å². The van der Waals surface area contributed by atoms with Crippen LogP contribution in [0.5, 0.6) is 0 Å². The zero-order chi connectivity index (χ0) is 13.4. The first-order chi connectivity index (χ1) is 9.16. The molecule has 0 atom stereocenters. The lowest BCUT2D eigenvalue weighted by Crippen LogP contribution is -2.17. The maximum Gasteiger partial charge on any atom is 0.337 e. The standard InChI is InChI=1S/C11H8N4O4/c16-10(17)6-2-1-3-7-9(6)13-11(18)15(7)4-8-12-5-19-14-8/h1-3,5H,4H2,(H,13,18)(H,16,17). The van der Waals surface area contributed by atoms with Crippen molar-refractivity contribution >= 4 is 17.0 Å². The van der Waals surface area contributed by atoms with Gasteiger partial charge in [-0.05, 0) is 12.1 Å². The molecule has 19 heavy (non-hydrogen) atoms. The van der Waals surface area contributed by atoms with Crippen molar-refractivity contribution in [2.75, 3.05) is 0 Å². The summed E-state index contributed by atoms with van der Waals surface area (Å²) in [6.07, 6.45) is 1.16. The second-order valence-electron chi connectivity index (χ2n) is 3.87. The zero-order valence-electron chi connectivity index (χ0n) is 9.53. The summed E-state index contributed by atoms with van der Waals surface area (Å²) in [6, 6.07) is 4.66. The number of rotatable bonds is 3. The fraction of sp³-hybridized carbons (Fsp3) is 0.0909. The van der Waals surface area contributed by atoms with Crippen LogP contribution in [0.15, 0.2) is 33.9 Å². The van der Waals surface area contributed by atoms with Crippen LogP contribution in [0.3, 0.4) is 0 Å². The van der Waals surface area contributed by atoms with E-state index in [1.807, 2.05) is 0 Å². The van der Waals surface area contributed by atoms with Crippen LogP contribution in [0.4, 0.5) is 0 Å². The molecule has 0 bridgehead atoms. The summed E-state index contributed by atoms with van der Waals surface area (Å²) in [4.78, 5) is 29.3. The van der Waals surface area contributed by atoms with Crippen molar-refractivity contribution in [1.29, 1.82) is 0 Å². The van der Waals surface area contributed by atoms with Crippen LogP contribution in [0.1, 0.15) is 16.2 Å². The summed E-state index contributed by atoms with van der Waals surface area (Å²) in [7, 11) is 0. The lowest BCUT2D eigenvalue weighted by molar-refractivity contribution is 0.0699. The predicted molar refractivity (Wildman–Crippen MR) is 62.9 cm³/mol. The number of aromatic carboxylic acids is 1. The van der Waals surface area contributed by atoms with Crippen molar-refractivity contribution in [1.82, 2.24) is 19.7 Å². The van der Waals surface area contributed by atoms with Crippen molar-refractivity contribution in [2.45, 2.75) is 6.54 Å². The molecule has 8 heteroatoms. The number of hydrogen-bond acceptors (Lipinski definition) is 5.